The van der Waals surface area contributed by atoms with Gasteiger partial charge < -0.3 is 0 Å². The second-order valence-corrected chi connectivity index (χ2v) is 7.12. The fourth-order valence-corrected chi connectivity index (χ4v) is 2.68. The minimum atomic E-state index is -2.55. The van der Waals surface area contributed by atoms with E-state index in [4.69, 9.17) is 11.0 Å². The highest BCUT2D eigenvalue weighted by molar-refractivity contribution is 5.74. The standard InChI is InChI=1S/C24H27N/c1-17-11-12-20(14-22(17)19-9-7-6-8-10-19)23-13-18(2)21(16-25-23)15-24(3,4)5/h6-14,16H,15H2,1-5H3/i1D3,2D3,15D2. The Bertz CT molecular complexity index is 1140. The summed E-state index contributed by atoms with van der Waals surface area (Å²) >= 11 is 0. The highest BCUT2D eigenvalue weighted by Crippen LogP contribution is 2.30. The molecule has 1 heteroatoms. The van der Waals surface area contributed by atoms with Crippen molar-refractivity contribution in [1.29, 1.82) is 0 Å². The maximum Gasteiger partial charge on any atom is 0.0705 e. The van der Waals surface area contributed by atoms with Crippen LogP contribution in [0.4, 0.5) is 0 Å². The van der Waals surface area contributed by atoms with E-state index < -0.39 is 25.5 Å². The SMILES string of the molecule is [2H]C([2H])([2H])c1ccc(-c2cc(C([2H])([2H])[2H])c(C([2H])([2H])C(C)(C)C)cn2)cc1-c1ccccc1. The van der Waals surface area contributed by atoms with Gasteiger partial charge in [-0.15, -0.1) is 0 Å². The highest BCUT2D eigenvalue weighted by atomic mass is 14.7. The fourth-order valence-electron chi connectivity index (χ4n) is 2.68. The Kier molecular flexibility index (Phi) is 2.71. The van der Waals surface area contributed by atoms with Crippen LogP contribution in [0.15, 0.2) is 60.8 Å². The average molecular weight is 338 g/mol. The van der Waals surface area contributed by atoms with Gasteiger partial charge in [0.15, 0.2) is 0 Å². The fraction of sp³-hybridized carbons (Fsp3) is 0.292. The first-order valence-corrected chi connectivity index (χ1v) is 8.25. The van der Waals surface area contributed by atoms with Gasteiger partial charge in [-0.2, -0.15) is 0 Å². The van der Waals surface area contributed by atoms with Crippen molar-refractivity contribution in [3.63, 3.8) is 0 Å². The molecule has 0 aliphatic rings. The largest absolute Gasteiger partial charge is 0.256 e. The van der Waals surface area contributed by atoms with E-state index >= 15 is 0 Å². The molecule has 0 aliphatic carbocycles. The Morgan fingerprint density at radius 2 is 1.68 bits per heavy atom. The van der Waals surface area contributed by atoms with E-state index in [1.54, 1.807) is 32.9 Å². The number of nitrogens with zero attached hydrogens (tertiary/aromatic N) is 1. The van der Waals surface area contributed by atoms with E-state index in [-0.39, 0.29) is 16.7 Å². The predicted molar refractivity (Wildman–Crippen MR) is 108 cm³/mol. The van der Waals surface area contributed by atoms with Gasteiger partial charge >= 0.3 is 0 Å². The highest BCUT2D eigenvalue weighted by Gasteiger charge is 2.14. The van der Waals surface area contributed by atoms with Crippen LogP contribution in [0, 0.1) is 19.1 Å². The zero-order valence-electron chi connectivity index (χ0n) is 22.7. The van der Waals surface area contributed by atoms with Gasteiger partial charge in [-0.25, -0.2) is 0 Å². The first-order chi connectivity index (χ1) is 15.0. The molecule has 0 N–H and O–H groups in total. The van der Waals surface area contributed by atoms with Crippen LogP contribution in [-0.2, 0) is 6.37 Å². The normalized spacial score (nSPS) is 17.9. The lowest BCUT2D eigenvalue weighted by molar-refractivity contribution is 0.410. The lowest BCUT2D eigenvalue weighted by Crippen LogP contribution is -2.10. The number of pyridine rings is 1. The Labute approximate surface area is 163 Å². The van der Waals surface area contributed by atoms with E-state index in [0.29, 0.717) is 16.8 Å². The van der Waals surface area contributed by atoms with E-state index in [2.05, 4.69) is 4.98 Å². The molecule has 0 aliphatic heterocycles. The third-order valence-corrected chi connectivity index (χ3v) is 3.81. The summed E-state index contributed by atoms with van der Waals surface area (Å²) in [6.45, 7) is 0.262. The van der Waals surface area contributed by atoms with Gasteiger partial charge in [0, 0.05) is 22.7 Å². The van der Waals surface area contributed by atoms with Gasteiger partial charge in [-0.3, -0.25) is 4.98 Å². The molecule has 1 heterocycles. The van der Waals surface area contributed by atoms with Gasteiger partial charge in [-0.1, -0.05) is 63.2 Å². The zero-order valence-corrected chi connectivity index (χ0v) is 14.7. The molecule has 0 unspecified atom stereocenters. The van der Waals surface area contributed by atoms with Gasteiger partial charge in [0.25, 0.3) is 0 Å². The van der Waals surface area contributed by atoms with Crippen LogP contribution in [0.25, 0.3) is 22.4 Å². The first kappa shape index (κ1) is 9.91. The first-order valence-electron chi connectivity index (χ1n) is 12.2. The van der Waals surface area contributed by atoms with Crippen molar-refractivity contribution in [2.45, 2.75) is 40.8 Å². The Morgan fingerprint density at radius 1 is 0.920 bits per heavy atom. The Morgan fingerprint density at radius 3 is 2.36 bits per heavy atom. The van der Waals surface area contributed by atoms with Crippen molar-refractivity contribution in [3.05, 3.63) is 77.5 Å². The Hall–Kier alpha value is -2.41. The minimum absolute atomic E-state index is 0.0288. The van der Waals surface area contributed by atoms with Gasteiger partial charge in [0.2, 0.25) is 0 Å². The number of aromatic nitrogens is 1. The number of hydrogen-bond donors (Lipinski definition) is 0. The van der Waals surface area contributed by atoms with Crippen molar-refractivity contribution in [2.24, 2.45) is 5.41 Å². The van der Waals surface area contributed by atoms with Crippen molar-refractivity contribution >= 4 is 0 Å². The molecule has 0 saturated carbocycles. The Balaban J connectivity index is 2.24. The van der Waals surface area contributed by atoms with Crippen molar-refractivity contribution < 1.29 is 11.0 Å². The van der Waals surface area contributed by atoms with Gasteiger partial charge in [0.1, 0.15) is 0 Å². The molecular formula is C24H27N. The van der Waals surface area contributed by atoms with E-state index in [0.717, 1.165) is 5.56 Å². The smallest absolute Gasteiger partial charge is 0.0705 e. The molecular weight excluding hydrogens is 302 g/mol. The topological polar surface area (TPSA) is 12.9 Å². The molecule has 0 fully saturated rings. The summed E-state index contributed by atoms with van der Waals surface area (Å²) < 4.78 is 64.9. The lowest BCUT2D eigenvalue weighted by atomic mass is 9.87. The monoisotopic (exact) mass is 337 g/mol. The zero-order chi connectivity index (χ0) is 24.8. The molecule has 0 saturated heterocycles. The van der Waals surface area contributed by atoms with Gasteiger partial charge in [0.05, 0.1) is 5.69 Å². The summed E-state index contributed by atoms with van der Waals surface area (Å²) in [5, 5.41) is 0. The molecule has 3 aromatic rings. The molecule has 3 rings (SSSR count). The molecule has 0 amide bonds. The van der Waals surface area contributed by atoms with Crippen molar-refractivity contribution in [1.82, 2.24) is 4.98 Å². The van der Waals surface area contributed by atoms with Crippen molar-refractivity contribution in [2.75, 3.05) is 0 Å². The molecule has 0 radical (unpaired) electrons. The van der Waals surface area contributed by atoms with E-state index in [1.807, 2.05) is 30.3 Å². The predicted octanol–water partition coefficient (Wildman–Crippen LogP) is 6.62. The summed E-state index contributed by atoms with van der Waals surface area (Å²) in [5.74, 6) is 0. The summed E-state index contributed by atoms with van der Waals surface area (Å²) in [6.07, 6.45) is -0.634. The van der Waals surface area contributed by atoms with Crippen LogP contribution in [0.2, 0.25) is 0 Å². The van der Waals surface area contributed by atoms with Crippen molar-refractivity contribution in [3.8, 4) is 22.4 Å². The molecule has 1 aromatic heterocycles. The molecule has 1 nitrogen and oxygen atoms in total. The summed E-state index contributed by atoms with van der Waals surface area (Å²) in [4.78, 5) is 4.40. The van der Waals surface area contributed by atoms with E-state index in [9.17, 15) is 0 Å². The quantitative estimate of drug-likeness (QED) is 0.523. The van der Waals surface area contributed by atoms with Crippen LogP contribution in [0.5, 0.6) is 0 Å². The third-order valence-electron chi connectivity index (χ3n) is 3.81. The molecule has 0 atom stereocenters. The van der Waals surface area contributed by atoms with Crippen LogP contribution in [0.1, 0.15) is 48.4 Å². The summed E-state index contributed by atoms with van der Waals surface area (Å²) in [7, 11) is 0. The maximum absolute atomic E-state index is 8.57. The van der Waals surface area contributed by atoms with Crippen LogP contribution in [0.3, 0.4) is 0 Å². The number of benzene rings is 2. The molecule has 25 heavy (non-hydrogen) atoms. The van der Waals surface area contributed by atoms with Crippen LogP contribution < -0.4 is 0 Å². The summed E-state index contributed by atoms with van der Waals surface area (Å²) in [6, 6.07) is 15.3. The number of aryl methyl sites for hydroxylation is 2. The molecule has 0 spiro atoms. The second kappa shape index (κ2) is 6.84. The lowest BCUT2D eigenvalue weighted by Gasteiger charge is -2.19. The second-order valence-electron chi connectivity index (χ2n) is 7.12. The molecule has 128 valence electrons. The molecule has 0 bridgehead atoms. The number of hydrogen-bond acceptors (Lipinski definition) is 1. The van der Waals surface area contributed by atoms with Crippen LogP contribution >= 0.6 is 0 Å². The minimum Gasteiger partial charge on any atom is -0.256 e. The van der Waals surface area contributed by atoms with E-state index in [1.165, 1.54) is 18.3 Å². The summed E-state index contributed by atoms with van der Waals surface area (Å²) in [5.41, 5.74) is 1.39. The third kappa shape index (κ3) is 4.17. The average Bonchev–Trinajstić information content (AvgIpc) is 2.71. The van der Waals surface area contributed by atoms with Gasteiger partial charge in [-0.05, 0) is 65.4 Å². The van der Waals surface area contributed by atoms with Crippen LogP contribution in [-0.4, -0.2) is 4.98 Å². The number of rotatable bonds is 3. The molecule has 2 aromatic carbocycles. The maximum atomic E-state index is 8.57.